The summed E-state index contributed by atoms with van der Waals surface area (Å²) in [5.41, 5.74) is 2.07. The lowest BCUT2D eigenvalue weighted by atomic mass is 9.90. The van der Waals surface area contributed by atoms with Crippen LogP contribution in [0, 0.1) is 17.2 Å². The summed E-state index contributed by atoms with van der Waals surface area (Å²) >= 11 is 0. The molecular formula is C12H12N2O2. The van der Waals surface area contributed by atoms with Crippen molar-refractivity contribution in [2.45, 2.75) is 19.8 Å². The molecule has 1 atom stereocenters. The maximum atomic E-state index is 11.0. The zero-order chi connectivity index (χ0) is 11.7. The Bertz CT molecular complexity index is 601. The van der Waals surface area contributed by atoms with Gasteiger partial charge in [0.05, 0.1) is 17.5 Å². The zero-order valence-corrected chi connectivity index (χ0v) is 9.15. The molecule has 0 aliphatic carbocycles. The Hall–Kier alpha value is -2.02. The fourth-order valence-electron chi connectivity index (χ4n) is 1.77. The van der Waals surface area contributed by atoms with Crippen molar-refractivity contribution in [2.75, 3.05) is 0 Å². The molecular weight excluding hydrogens is 204 g/mol. The molecule has 1 aromatic heterocycles. The summed E-state index contributed by atoms with van der Waals surface area (Å²) in [6.45, 7) is 3.99. The number of H-pyrrole nitrogens is 1. The number of benzene rings is 1. The second-order valence-electron chi connectivity index (χ2n) is 4.12. The Morgan fingerprint density at radius 2 is 2.19 bits per heavy atom. The smallest absolute Gasteiger partial charge is 0.408 e. The van der Waals surface area contributed by atoms with Crippen molar-refractivity contribution in [1.82, 2.24) is 4.98 Å². The first-order valence-corrected chi connectivity index (χ1v) is 5.14. The van der Waals surface area contributed by atoms with Crippen LogP contribution in [0.3, 0.4) is 0 Å². The van der Waals surface area contributed by atoms with E-state index in [9.17, 15) is 4.79 Å². The first-order valence-electron chi connectivity index (χ1n) is 5.14. The van der Waals surface area contributed by atoms with Crippen LogP contribution in [0.2, 0.25) is 0 Å². The number of nitriles is 1. The summed E-state index contributed by atoms with van der Waals surface area (Å²) in [5, 5.41) is 9.08. The van der Waals surface area contributed by atoms with E-state index in [4.69, 9.17) is 9.68 Å². The van der Waals surface area contributed by atoms with Crippen LogP contribution in [0.25, 0.3) is 11.1 Å². The van der Waals surface area contributed by atoms with Gasteiger partial charge in [0.1, 0.15) is 0 Å². The first-order chi connectivity index (χ1) is 7.61. The van der Waals surface area contributed by atoms with Gasteiger partial charge in [-0.05, 0) is 23.6 Å². The number of rotatable bonds is 2. The molecule has 4 nitrogen and oxygen atoms in total. The van der Waals surface area contributed by atoms with Gasteiger partial charge in [-0.25, -0.2) is 4.79 Å². The van der Waals surface area contributed by atoms with E-state index in [-0.39, 0.29) is 11.8 Å². The minimum atomic E-state index is -0.467. The number of aromatic amines is 1. The average Bonchev–Trinajstić information content (AvgIpc) is 2.57. The van der Waals surface area contributed by atoms with Crippen LogP contribution in [-0.4, -0.2) is 4.98 Å². The molecule has 1 aromatic carbocycles. The Morgan fingerprint density at radius 3 is 2.81 bits per heavy atom. The van der Waals surface area contributed by atoms with E-state index in [2.05, 4.69) is 11.1 Å². The van der Waals surface area contributed by atoms with Crippen LogP contribution in [0.15, 0.2) is 27.4 Å². The molecule has 1 heterocycles. The summed E-state index contributed by atoms with van der Waals surface area (Å²) in [6, 6.07) is 7.61. The van der Waals surface area contributed by atoms with Crippen molar-refractivity contribution in [1.29, 1.82) is 5.26 Å². The van der Waals surface area contributed by atoms with Crippen molar-refractivity contribution in [3.63, 3.8) is 0 Å². The molecule has 16 heavy (non-hydrogen) atoms. The molecule has 0 aliphatic rings. The van der Waals surface area contributed by atoms with E-state index < -0.39 is 5.76 Å². The summed E-state index contributed by atoms with van der Waals surface area (Å²) in [7, 11) is 0. The maximum Gasteiger partial charge on any atom is 0.417 e. The van der Waals surface area contributed by atoms with Crippen molar-refractivity contribution >= 4 is 11.1 Å². The van der Waals surface area contributed by atoms with Crippen molar-refractivity contribution < 1.29 is 4.42 Å². The molecule has 1 unspecified atom stereocenters. The van der Waals surface area contributed by atoms with Gasteiger partial charge in [0.2, 0.25) is 0 Å². The largest absolute Gasteiger partial charge is 0.417 e. The summed E-state index contributed by atoms with van der Waals surface area (Å²) in [6.07, 6.45) is 0. The Morgan fingerprint density at radius 1 is 1.44 bits per heavy atom. The highest BCUT2D eigenvalue weighted by atomic mass is 16.4. The highest BCUT2D eigenvalue weighted by Crippen LogP contribution is 2.25. The molecule has 2 aromatic rings. The molecule has 0 bridgehead atoms. The Labute approximate surface area is 92.5 Å². The molecule has 0 amide bonds. The number of hydrogen-bond donors (Lipinski definition) is 1. The van der Waals surface area contributed by atoms with Crippen LogP contribution in [0.1, 0.15) is 25.3 Å². The molecule has 0 spiro atoms. The predicted octanol–water partition coefficient (Wildman–Crippen LogP) is 2.38. The van der Waals surface area contributed by atoms with Crippen LogP contribution in [0.4, 0.5) is 0 Å². The van der Waals surface area contributed by atoms with Gasteiger partial charge in [-0.15, -0.1) is 0 Å². The van der Waals surface area contributed by atoms with Crippen LogP contribution in [-0.2, 0) is 0 Å². The highest BCUT2D eigenvalue weighted by Gasteiger charge is 2.15. The zero-order valence-electron chi connectivity index (χ0n) is 9.15. The van der Waals surface area contributed by atoms with Gasteiger partial charge in [-0.1, -0.05) is 19.9 Å². The van der Waals surface area contributed by atoms with E-state index in [1.165, 1.54) is 0 Å². The Kier molecular flexibility index (Phi) is 2.53. The molecule has 4 heteroatoms. The van der Waals surface area contributed by atoms with E-state index in [0.29, 0.717) is 11.1 Å². The van der Waals surface area contributed by atoms with Gasteiger partial charge in [0.15, 0.2) is 5.58 Å². The van der Waals surface area contributed by atoms with Gasteiger partial charge in [0, 0.05) is 0 Å². The van der Waals surface area contributed by atoms with Crippen molar-refractivity contribution in [2.24, 2.45) is 5.92 Å². The normalized spacial score (nSPS) is 12.9. The fraction of sp³-hybridized carbons (Fsp3) is 0.333. The summed E-state index contributed by atoms with van der Waals surface area (Å²) < 4.78 is 4.90. The van der Waals surface area contributed by atoms with Crippen molar-refractivity contribution in [3.05, 3.63) is 34.3 Å². The molecule has 0 radical (unpaired) electrons. The molecule has 1 N–H and O–H groups in total. The maximum absolute atomic E-state index is 11.0. The SMILES string of the molecule is CC(C)C(C#N)c1ccc2oc(=O)[nH]c2c1. The van der Waals surface area contributed by atoms with Crippen molar-refractivity contribution in [3.8, 4) is 6.07 Å². The van der Waals surface area contributed by atoms with Gasteiger partial charge >= 0.3 is 5.76 Å². The molecule has 82 valence electrons. The number of fused-ring (bicyclic) bond motifs is 1. The second-order valence-corrected chi connectivity index (χ2v) is 4.12. The molecule has 0 aliphatic heterocycles. The van der Waals surface area contributed by atoms with E-state index in [1.807, 2.05) is 19.9 Å². The standard InChI is InChI=1S/C12H12N2O2/c1-7(2)9(6-13)8-3-4-11-10(5-8)14-12(15)16-11/h3-5,7,9H,1-2H3,(H,14,15). The fourth-order valence-corrected chi connectivity index (χ4v) is 1.77. The molecule has 2 rings (SSSR count). The van der Waals surface area contributed by atoms with E-state index >= 15 is 0 Å². The lowest BCUT2D eigenvalue weighted by molar-refractivity contribution is 0.555. The number of oxazole rings is 1. The molecule has 0 saturated carbocycles. The third kappa shape index (κ3) is 1.72. The van der Waals surface area contributed by atoms with Gasteiger partial charge in [-0.3, -0.25) is 4.98 Å². The average molecular weight is 216 g/mol. The van der Waals surface area contributed by atoms with Gasteiger partial charge in [0.25, 0.3) is 0 Å². The summed E-state index contributed by atoms with van der Waals surface area (Å²) in [4.78, 5) is 13.6. The first kappa shape index (κ1) is 10.5. The van der Waals surface area contributed by atoms with Crippen LogP contribution < -0.4 is 5.76 Å². The number of nitrogens with zero attached hydrogens (tertiary/aromatic N) is 1. The molecule has 0 fully saturated rings. The Balaban J connectivity index is 2.54. The molecule has 0 saturated heterocycles. The van der Waals surface area contributed by atoms with E-state index in [1.54, 1.807) is 12.1 Å². The third-order valence-electron chi connectivity index (χ3n) is 2.61. The van der Waals surface area contributed by atoms with Gasteiger partial charge in [-0.2, -0.15) is 5.26 Å². The van der Waals surface area contributed by atoms with Crippen LogP contribution >= 0.6 is 0 Å². The minimum absolute atomic E-state index is 0.164. The highest BCUT2D eigenvalue weighted by molar-refractivity contribution is 5.73. The predicted molar refractivity (Wildman–Crippen MR) is 60.0 cm³/mol. The quantitative estimate of drug-likeness (QED) is 0.837. The topological polar surface area (TPSA) is 69.8 Å². The van der Waals surface area contributed by atoms with Crippen LogP contribution in [0.5, 0.6) is 0 Å². The lowest BCUT2D eigenvalue weighted by Gasteiger charge is -2.12. The van der Waals surface area contributed by atoms with E-state index in [0.717, 1.165) is 5.56 Å². The monoisotopic (exact) mass is 216 g/mol. The third-order valence-corrected chi connectivity index (χ3v) is 2.61. The lowest BCUT2D eigenvalue weighted by Crippen LogP contribution is -2.03. The number of nitrogens with one attached hydrogen (secondary N) is 1. The summed E-state index contributed by atoms with van der Waals surface area (Å²) in [5.74, 6) is -0.394. The second kappa shape index (κ2) is 3.86. The minimum Gasteiger partial charge on any atom is -0.408 e. The van der Waals surface area contributed by atoms with Gasteiger partial charge < -0.3 is 4.42 Å². The number of hydrogen-bond acceptors (Lipinski definition) is 3. The number of aromatic nitrogens is 1.